The molecule has 6 nitrogen and oxygen atoms in total. The van der Waals surface area contributed by atoms with E-state index in [1.165, 1.54) is 24.0 Å². The summed E-state index contributed by atoms with van der Waals surface area (Å²) in [4.78, 5) is 0.257. The summed E-state index contributed by atoms with van der Waals surface area (Å²) in [6.45, 7) is 2.76. The van der Waals surface area contributed by atoms with Crippen molar-refractivity contribution in [3.63, 3.8) is 0 Å². The number of phenols is 1. The third kappa shape index (κ3) is 5.01. The van der Waals surface area contributed by atoms with E-state index in [0.717, 1.165) is 30.4 Å². The third-order valence-electron chi connectivity index (χ3n) is 4.87. The van der Waals surface area contributed by atoms with E-state index in [9.17, 15) is 13.5 Å². The van der Waals surface area contributed by atoms with Gasteiger partial charge in [0.05, 0.1) is 0 Å². The molecule has 0 saturated heterocycles. The van der Waals surface area contributed by atoms with Gasteiger partial charge in [0.1, 0.15) is 0 Å². The van der Waals surface area contributed by atoms with Crippen molar-refractivity contribution in [2.45, 2.75) is 35.8 Å². The fourth-order valence-electron chi connectivity index (χ4n) is 3.28. The van der Waals surface area contributed by atoms with Crippen LogP contribution in [0.5, 0.6) is 23.0 Å². The van der Waals surface area contributed by atoms with Gasteiger partial charge in [0.2, 0.25) is 0 Å². The number of benzene rings is 2. The molecule has 0 fully saturated rings. The van der Waals surface area contributed by atoms with Crippen molar-refractivity contribution in [1.29, 1.82) is 0 Å². The summed E-state index contributed by atoms with van der Waals surface area (Å²) < 4.78 is 41.7. The molecule has 0 spiro atoms. The van der Waals surface area contributed by atoms with Gasteiger partial charge in [-0.25, -0.2) is 0 Å². The molecule has 1 aliphatic rings. The fraction of sp³-hybridized carbons (Fsp3) is 0.429. The summed E-state index contributed by atoms with van der Waals surface area (Å²) in [5.41, 5.74) is 1.89. The predicted molar refractivity (Wildman–Crippen MR) is 114 cm³/mol. The molecule has 1 heterocycles. The molecule has 1 N–H and O–H groups in total. The van der Waals surface area contributed by atoms with Gasteiger partial charge in [-0.3, -0.25) is 0 Å². The number of aromatic hydroxyl groups is 1. The van der Waals surface area contributed by atoms with Crippen molar-refractivity contribution in [2.75, 3.05) is 26.1 Å². The Morgan fingerprint density at radius 1 is 1.24 bits per heavy atom. The maximum absolute atomic E-state index is 12.5. The van der Waals surface area contributed by atoms with Crippen LogP contribution in [0.15, 0.2) is 35.2 Å². The second kappa shape index (κ2) is 9.31. The van der Waals surface area contributed by atoms with E-state index in [2.05, 4.69) is 0 Å². The first kappa shape index (κ1) is 21.8. The summed E-state index contributed by atoms with van der Waals surface area (Å²) in [6, 6.07) is 8.84. The van der Waals surface area contributed by atoms with E-state index in [-0.39, 0.29) is 27.7 Å². The first-order valence-electron chi connectivity index (χ1n) is 9.63. The van der Waals surface area contributed by atoms with Gasteiger partial charge in [0.15, 0.2) is 0 Å². The maximum atomic E-state index is 12.5. The molecule has 0 bridgehead atoms. The van der Waals surface area contributed by atoms with Crippen LogP contribution in [0.1, 0.15) is 35.6 Å². The molecule has 0 aromatic heterocycles. The van der Waals surface area contributed by atoms with E-state index >= 15 is 0 Å². The molecule has 3 rings (SSSR count). The van der Waals surface area contributed by atoms with E-state index in [4.69, 9.17) is 14.2 Å². The van der Waals surface area contributed by atoms with Crippen LogP contribution in [0.2, 0.25) is 0 Å². The molecule has 8 heteroatoms. The quantitative estimate of drug-likeness (QED) is 0.583. The first-order chi connectivity index (χ1) is 13.9. The van der Waals surface area contributed by atoms with Crippen molar-refractivity contribution in [2.24, 2.45) is 0 Å². The van der Waals surface area contributed by atoms with Crippen LogP contribution in [0.3, 0.4) is 0 Å². The zero-order valence-corrected chi connectivity index (χ0v) is 19.9. The number of methoxy groups -OCH3 is 1. The Labute approximate surface area is 180 Å². The van der Waals surface area contributed by atoms with Crippen LogP contribution < -0.4 is 14.2 Å². The van der Waals surface area contributed by atoms with Gasteiger partial charge in [0, 0.05) is 0 Å². The van der Waals surface area contributed by atoms with Gasteiger partial charge in [-0.05, 0) is 0 Å². The topological polar surface area (TPSA) is 82.1 Å². The monoisotopic (exact) mass is 482 g/mol. The van der Waals surface area contributed by atoms with Gasteiger partial charge in [-0.15, -0.1) is 0 Å². The zero-order valence-electron chi connectivity index (χ0n) is 16.7. The standard InChI is InChI=1S/C21H27AsO6S/c1-3-8-27-19-13-20-21(29(24,25)10-9-28-20)12-15(19)16(22)6-4-14-5-7-18(26-2)17(23)11-14/h5,7,11-13,16,23H,3-4,6,8-10,22H2,1-2H3. The van der Waals surface area contributed by atoms with E-state index in [0.29, 0.717) is 23.9 Å². The molecule has 1 aliphatic heterocycles. The number of hydrogen-bond donors (Lipinski definition) is 1. The SMILES string of the molecule is CCCOc1cc2c(cc1C([AsH2])CCc1ccc(OC)c(O)c1)S(=O)(=O)CCO2. The number of ether oxygens (including phenoxy) is 3. The molecule has 0 amide bonds. The first-order valence-corrected chi connectivity index (χ1v) is 12.7. The molecule has 0 aliphatic carbocycles. The summed E-state index contributed by atoms with van der Waals surface area (Å²) in [7, 11) is -1.82. The van der Waals surface area contributed by atoms with Gasteiger partial charge < -0.3 is 0 Å². The second-order valence-electron chi connectivity index (χ2n) is 7.00. The molecule has 29 heavy (non-hydrogen) atoms. The van der Waals surface area contributed by atoms with Crippen LogP contribution in [-0.4, -0.2) is 56.5 Å². The molecule has 0 radical (unpaired) electrons. The number of fused-ring (bicyclic) bond motifs is 1. The summed E-state index contributed by atoms with van der Waals surface area (Å²) in [5, 5.41) is 9.98. The average molecular weight is 482 g/mol. The van der Waals surface area contributed by atoms with Crippen molar-refractivity contribution in [3.05, 3.63) is 41.5 Å². The average Bonchev–Trinajstić information content (AvgIpc) is 2.69. The molecular formula is C21H27AsO6S. The van der Waals surface area contributed by atoms with Gasteiger partial charge >= 0.3 is 181 Å². The van der Waals surface area contributed by atoms with Crippen molar-refractivity contribution in [3.8, 4) is 23.0 Å². The zero-order chi connectivity index (χ0) is 21.0. The molecule has 2 aromatic carbocycles. The summed E-state index contributed by atoms with van der Waals surface area (Å²) in [6.07, 6.45) is 2.41. The second-order valence-corrected chi connectivity index (χ2v) is 10.8. The Kier molecular flexibility index (Phi) is 7.01. The third-order valence-corrected chi connectivity index (χ3v) is 8.02. The molecule has 2 unspecified atom stereocenters. The number of aryl methyl sites for hydroxylation is 1. The van der Waals surface area contributed by atoms with Crippen LogP contribution in [0.25, 0.3) is 0 Å². The Bertz CT molecular complexity index is 973. The summed E-state index contributed by atoms with van der Waals surface area (Å²) in [5.74, 6) is 1.63. The number of rotatable bonds is 8. The van der Waals surface area contributed by atoms with Crippen molar-refractivity contribution >= 4 is 26.7 Å². The van der Waals surface area contributed by atoms with Crippen LogP contribution in [0.4, 0.5) is 0 Å². The molecule has 2 atom stereocenters. The predicted octanol–water partition coefficient (Wildman–Crippen LogP) is 2.66. The van der Waals surface area contributed by atoms with Gasteiger partial charge in [-0.2, -0.15) is 0 Å². The molecule has 0 saturated carbocycles. The van der Waals surface area contributed by atoms with E-state index in [1.807, 2.05) is 13.0 Å². The Balaban J connectivity index is 1.86. The Morgan fingerprint density at radius 2 is 2.03 bits per heavy atom. The van der Waals surface area contributed by atoms with E-state index in [1.54, 1.807) is 24.3 Å². The van der Waals surface area contributed by atoms with Crippen LogP contribution >= 0.6 is 0 Å². The Hall–Kier alpha value is -1.85. The summed E-state index contributed by atoms with van der Waals surface area (Å²) >= 11 is 1.51. The van der Waals surface area contributed by atoms with Gasteiger partial charge in [-0.1, -0.05) is 0 Å². The van der Waals surface area contributed by atoms with Crippen molar-refractivity contribution in [1.82, 2.24) is 0 Å². The number of phenolic OH excluding ortho intramolecular Hbond substituents is 1. The Morgan fingerprint density at radius 3 is 2.72 bits per heavy atom. The van der Waals surface area contributed by atoms with Crippen molar-refractivity contribution < 1.29 is 27.7 Å². The molecule has 2 aromatic rings. The van der Waals surface area contributed by atoms with Crippen LogP contribution in [0, 0.1) is 0 Å². The molecular weight excluding hydrogens is 455 g/mol. The minimum atomic E-state index is -3.34. The number of hydrogen-bond acceptors (Lipinski definition) is 6. The number of sulfone groups is 1. The fourth-order valence-corrected chi connectivity index (χ4v) is 5.43. The molecule has 158 valence electrons. The normalized spacial score (nSPS) is 15.8. The minimum absolute atomic E-state index is 0.000741. The van der Waals surface area contributed by atoms with Crippen LogP contribution in [-0.2, 0) is 16.3 Å². The van der Waals surface area contributed by atoms with E-state index < -0.39 is 9.84 Å². The van der Waals surface area contributed by atoms with Gasteiger partial charge in [0.25, 0.3) is 0 Å².